The predicted octanol–water partition coefficient (Wildman–Crippen LogP) is 7.65. The van der Waals surface area contributed by atoms with E-state index in [1.54, 1.807) is 6.42 Å². The first kappa shape index (κ1) is 29.2. The van der Waals surface area contributed by atoms with Gasteiger partial charge in [-0.1, -0.05) is 65.3 Å². The van der Waals surface area contributed by atoms with Gasteiger partial charge in [-0.3, -0.25) is 4.72 Å². The Hall–Kier alpha value is 0.230. The fourth-order valence-electron chi connectivity index (χ4n) is 9.09. The molecule has 0 amide bonds. The van der Waals surface area contributed by atoms with Crippen molar-refractivity contribution in [2.24, 2.45) is 58.5 Å². The van der Waals surface area contributed by atoms with E-state index in [0.29, 0.717) is 5.41 Å². The standard InChI is InChI=1S/C32H61N3S/c1-5-6-9-30-29-14-13-27-21-28(36-35-19-8-18-34-17-7-16-33)22-32(27,30)31(29)15-11-24(3)23(2)10-12-26-20-25(26)4/h23-31,34-35H,5-22,33H2,1-4H3. The fourth-order valence-corrected chi connectivity index (χ4v) is 10.3. The molecule has 0 aromatic rings. The number of rotatable bonds is 19. The van der Waals surface area contributed by atoms with E-state index >= 15 is 0 Å². The Balaban J connectivity index is 1.25. The molecule has 0 radical (unpaired) electrons. The maximum Gasteiger partial charge on any atom is 0.0201 e. The Morgan fingerprint density at radius 2 is 1.64 bits per heavy atom. The van der Waals surface area contributed by atoms with Gasteiger partial charge in [0.1, 0.15) is 0 Å². The third kappa shape index (κ3) is 6.86. The highest BCUT2D eigenvalue weighted by Crippen LogP contribution is 2.75. The molecule has 0 heterocycles. The molecule has 4 aliphatic carbocycles. The van der Waals surface area contributed by atoms with E-state index in [4.69, 9.17) is 5.73 Å². The van der Waals surface area contributed by atoms with Crippen LogP contribution in [0.15, 0.2) is 0 Å². The lowest BCUT2D eigenvalue weighted by Gasteiger charge is -2.68. The Kier molecular flexibility index (Phi) is 11.4. The molecule has 210 valence electrons. The van der Waals surface area contributed by atoms with Gasteiger partial charge in [0.05, 0.1) is 0 Å². The van der Waals surface area contributed by atoms with Crippen LogP contribution in [0.5, 0.6) is 0 Å². The van der Waals surface area contributed by atoms with Crippen LogP contribution in [0.4, 0.5) is 0 Å². The maximum atomic E-state index is 5.59. The lowest BCUT2D eigenvalue weighted by Crippen LogP contribution is -2.62. The zero-order valence-corrected chi connectivity index (χ0v) is 25.2. The molecule has 4 fully saturated rings. The highest BCUT2D eigenvalue weighted by Gasteiger charge is 2.68. The van der Waals surface area contributed by atoms with Crippen molar-refractivity contribution in [1.82, 2.24) is 10.0 Å². The van der Waals surface area contributed by atoms with Crippen LogP contribution in [-0.2, 0) is 0 Å². The van der Waals surface area contributed by atoms with Gasteiger partial charge in [-0.2, -0.15) is 0 Å². The molecule has 3 nitrogen and oxygen atoms in total. The zero-order valence-electron chi connectivity index (χ0n) is 24.4. The summed E-state index contributed by atoms with van der Waals surface area (Å²) in [5.74, 6) is 8.13. The molecule has 0 aliphatic heterocycles. The number of hydrogen-bond acceptors (Lipinski definition) is 4. The van der Waals surface area contributed by atoms with Crippen LogP contribution in [0.1, 0.15) is 118 Å². The maximum absolute atomic E-state index is 5.59. The highest BCUT2D eigenvalue weighted by atomic mass is 32.2. The average molecular weight is 520 g/mol. The first-order valence-corrected chi connectivity index (χ1v) is 17.2. The summed E-state index contributed by atoms with van der Waals surface area (Å²) < 4.78 is 3.78. The van der Waals surface area contributed by atoms with Crippen molar-refractivity contribution in [3.8, 4) is 0 Å². The largest absolute Gasteiger partial charge is 0.330 e. The van der Waals surface area contributed by atoms with Crippen molar-refractivity contribution < 1.29 is 0 Å². The molecule has 1 spiro atoms. The van der Waals surface area contributed by atoms with Crippen LogP contribution in [0.25, 0.3) is 0 Å². The van der Waals surface area contributed by atoms with Crippen LogP contribution in [0.3, 0.4) is 0 Å². The molecule has 4 rings (SSSR count). The van der Waals surface area contributed by atoms with Gasteiger partial charge in [0.15, 0.2) is 0 Å². The van der Waals surface area contributed by atoms with Crippen molar-refractivity contribution in [2.75, 3.05) is 26.2 Å². The molecule has 0 saturated heterocycles. The van der Waals surface area contributed by atoms with E-state index in [1.807, 2.05) is 0 Å². The monoisotopic (exact) mass is 519 g/mol. The summed E-state index contributed by atoms with van der Waals surface area (Å²) in [6.07, 6.45) is 20.3. The smallest absolute Gasteiger partial charge is 0.0201 e. The quantitative estimate of drug-likeness (QED) is 0.121. The first-order valence-electron chi connectivity index (χ1n) is 16.3. The van der Waals surface area contributed by atoms with Crippen LogP contribution in [0.2, 0.25) is 0 Å². The highest BCUT2D eigenvalue weighted by molar-refractivity contribution is 7.98. The van der Waals surface area contributed by atoms with E-state index < -0.39 is 0 Å². The molecule has 4 heteroatoms. The summed E-state index contributed by atoms with van der Waals surface area (Å²) in [5, 5.41) is 4.37. The van der Waals surface area contributed by atoms with Gasteiger partial charge in [0, 0.05) is 11.8 Å². The SMILES string of the molecule is CCCCC1C2CCC3CC(SNCCCNCCCN)CC31C2CCC(C)C(C)CCC1CC1C. The van der Waals surface area contributed by atoms with Crippen molar-refractivity contribution in [2.45, 2.75) is 123 Å². The van der Waals surface area contributed by atoms with E-state index in [0.717, 1.165) is 85.2 Å². The Morgan fingerprint density at radius 1 is 0.917 bits per heavy atom. The number of nitrogens with one attached hydrogen (secondary N) is 2. The van der Waals surface area contributed by atoms with Gasteiger partial charge in [-0.15, -0.1) is 0 Å². The normalized spacial score (nSPS) is 38.4. The summed E-state index contributed by atoms with van der Waals surface area (Å²) in [6, 6.07) is 0. The van der Waals surface area contributed by atoms with Gasteiger partial charge < -0.3 is 11.1 Å². The minimum absolute atomic E-state index is 0.716. The summed E-state index contributed by atoms with van der Waals surface area (Å²) in [4.78, 5) is 0. The molecule has 0 aromatic carbocycles. The number of nitrogens with two attached hydrogens (primary N) is 1. The summed E-state index contributed by atoms with van der Waals surface area (Å²) in [5.41, 5.74) is 6.31. The van der Waals surface area contributed by atoms with Gasteiger partial charge in [-0.05, 0) is 137 Å². The van der Waals surface area contributed by atoms with Gasteiger partial charge in [0.2, 0.25) is 0 Å². The van der Waals surface area contributed by atoms with E-state index in [-0.39, 0.29) is 0 Å². The average Bonchev–Trinajstić information content (AvgIpc) is 3.42. The minimum Gasteiger partial charge on any atom is -0.330 e. The van der Waals surface area contributed by atoms with Crippen molar-refractivity contribution >= 4 is 11.9 Å². The molecule has 0 aromatic heterocycles. The van der Waals surface area contributed by atoms with Gasteiger partial charge in [0.25, 0.3) is 0 Å². The number of hydrogen-bond donors (Lipinski definition) is 3. The summed E-state index contributed by atoms with van der Waals surface area (Å²) in [6.45, 7) is 14.1. The second-order valence-electron chi connectivity index (χ2n) is 13.8. The molecule has 4 aliphatic rings. The molecule has 10 atom stereocenters. The second kappa shape index (κ2) is 14.0. The molecule has 10 unspecified atom stereocenters. The van der Waals surface area contributed by atoms with E-state index in [1.165, 1.54) is 77.0 Å². The Bertz CT molecular complexity index is 643. The molecule has 4 saturated carbocycles. The number of fused-ring (bicyclic) bond motifs is 1. The topological polar surface area (TPSA) is 50.1 Å². The lowest BCUT2D eigenvalue weighted by molar-refractivity contribution is -0.196. The second-order valence-corrected chi connectivity index (χ2v) is 15.0. The first-order chi connectivity index (χ1) is 17.5. The van der Waals surface area contributed by atoms with Crippen molar-refractivity contribution in [1.29, 1.82) is 0 Å². The Labute approximate surface area is 229 Å². The lowest BCUT2D eigenvalue weighted by atomic mass is 9.37. The number of unbranched alkanes of at least 4 members (excludes halogenated alkanes) is 1. The van der Waals surface area contributed by atoms with Crippen LogP contribution in [0, 0.1) is 52.8 Å². The molecule has 36 heavy (non-hydrogen) atoms. The van der Waals surface area contributed by atoms with E-state index in [9.17, 15) is 0 Å². The van der Waals surface area contributed by atoms with Gasteiger partial charge in [-0.25, -0.2) is 0 Å². The minimum atomic E-state index is 0.716. The van der Waals surface area contributed by atoms with Crippen LogP contribution in [-0.4, -0.2) is 31.4 Å². The van der Waals surface area contributed by atoms with Crippen molar-refractivity contribution in [3.63, 3.8) is 0 Å². The third-order valence-electron chi connectivity index (χ3n) is 11.6. The Morgan fingerprint density at radius 3 is 2.36 bits per heavy atom. The molecular weight excluding hydrogens is 458 g/mol. The van der Waals surface area contributed by atoms with Crippen molar-refractivity contribution in [3.05, 3.63) is 0 Å². The fraction of sp³-hybridized carbons (Fsp3) is 1.00. The summed E-state index contributed by atoms with van der Waals surface area (Å²) in [7, 11) is 0. The van der Waals surface area contributed by atoms with E-state index in [2.05, 4.69) is 49.7 Å². The van der Waals surface area contributed by atoms with Crippen LogP contribution < -0.4 is 15.8 Å². The third-order valence-corrected chi connectivity index (χ3v) is 12.7. The molecule has 2 bridgehead atoms. The predicted molar refractivity (Wildman–Crippen MR) is 159 cm³/mol. The van der Waals surface area contributed by atoms with Crippen LogP contribution >= 0.6 is 11.9 Å². The molecular formula is C32H61N3S. The molecule has 4 N–H and O–H groups in total. The zero-order chi connectivity index (χ0) is 25.5. The summed E-state index contributed by atoms with van der Waals surface area (Å²) >= 11 is 2.12. The van der Waals surface area contributed by atoms with Gasteiger partial charge >= 0.3 is 0 Å².